The molecule has 0 spiro atoms. The Labute approximate surface area is 128 Å². The van der Waals surface area contributed by atoms with Crippen LogP contribution in [0.25, 0.3) is 0 Å². The Morgan fingerprint density at radius 3 is 2.95 bits per heavy atom. The molecule has 22 heavy (non-hydrogen) atoms. The number of hydrogen-bond acceptors (Lipinski definition) is 4. The van der Waals surface area contributed by atoms with Crippen molar-refractivity contribution in [3.8, 4) is 0 Å². The van der Waals surface area contributed by atoms with Crippen molar-refractivity contribution in [1.29, 1.82) is 0 Å². The third-order valence-corrected chi connectivity index (χ3v) is 3.84. The van der Waals surface area contributed by atoms with E-state index in [1.165, 1.54) is 6.42 Å². The van der Waals surface area contributed by atoms with Gasteiger partial charge in [-0.1, -0.05) is 6.42 Å². The minimum atomic E-state index is -0.269. The van der Waals surface area contributed by atoms with E-state index in [1.807, 2.05) is 13.0 Å². The second-order valence-corrected chi connectivity index (χ2v) is 5.60. The molecule has 0 aromatic carbocycles. The Bertz CT molecular complexity index is 673. The molecule has 0 fully saturated rings. The summed E-state index contributed by atoms with van der Waals surface area (Å²) in [6.07, 6.45) is 4.48. The molecular weight excluding hydrogens is 282 g/mol. The zero-order valence-corrected chi connectivity index (χ0v) is 13.0. The molecule has 0 atom stereocenters. The number of nitrogens with zero attached hydrogens (tertiary/aromatic N) is 5. The van der Waals surface area contributed by atoms with Gasteiger partial charge in [-0.2, -0.15) is 5.10 Å². The topological polar surface area (TPSA) is 89.7 Å². The maximum atomic E-state index is 12.0. The van der Waals surface area contributed by atoms with E-state index in [0.29, 0.717) is 12.4 Å². The Balaban J connectivity index is 1.59. The first-order valence-electron chi connectivity index (χ1n) is 7.60. The summed E-state index contributed by atoms with van der Waals surface area (Å²) in [5.74, 6) is 2.50. The van der Waals surface area contributed by atoms with Crippen molar-refractivity contribution in [1.82, 2.24) is 29.9 Å². The van der Waals surface area contributed by atoms with Crippen LogP contribution >= 0.6 is 0 Å². The Morgan fingerprint density at radius 2 is 2.18 bits per heavy atom. The van der Waals surface area contributed by atoms with Gasteiger partial charge in [0.2, 0.25) is 0 Å². The highest BCUT2D eigenvalue weighted by Gasteiger charge is 2.15. The van der Waals surface area contributed by atoms with Gasteiger partial charge in [-0.15, -0.1) is 10.2 Å². The van der Waals surface area contributed by atoms with Gasteiger partial charge in [0.05, 0.1) is 12.2 Å². The fourth-order valence-corrected chi connectivity index (χ4v) is 2.72. The van der Waals surface area contributed by atoms with Crippen LogP contribution in [0.1, 0.15) is 36.6 Å². The lowest BCUT2D eigenvalue weighted by Gasteiger charge is -2.09. The van der Waals surface area contributed by atoms with Gasteiger partial charge < -0.3 is 9.88 Å². The van der Waals surface area contributed by atoms with Gasteiger partial charge in [0.25, 0.3) is 0 Å². The molecule has 8 heteroatoms. The van der Waals surface area contributed by atoms with E-state index in [0.717, 1.165) is 43.1 Å². The van der Waals surface area contributed by atoms with Crippen LogP contribution in [-0.4, -0.2) is 30.6 Å². The second kappa shape index (κ2) is 6.17. The molecule has 0 aliphatic carbocycles. The predicted molar refractivity (Wildman–Crippen MR) is 81.4 cm³/mol. The third kappa shape index (κ3) is 3.10. The van der Waals surface area contributed by atoms with Crippen molar-refractivity contribution in [3.63, 3.8) is 0 Å². The van der Waals surface area contributed by atoms with Gasteiger partial charge in [0, 0.05) is 26.1 Å². The van der Waals surface area contributed by atoms with E-state index in [4.69, 9.17) is 0 Å². The molecule has 0 saturated heterocycles. The number of hydrogen-bond donors (Lipinski definition) is 2. The van der Waals surface area contributed by atoms with Crippen molar-refractivity contribution in [2.45, 2.75) is 45.7 Å². The van der Waals surface area contributed by atoms with Crippen LogP contribution in [0.15, 0.2) is 6.07 Å². The van der Waals surface area contributed by atoms with Crippen LogP contribution in [0.5, 0.6) is 0 Å². The highest BCUT2D eigenvalue weighted by Crippen LogP contribution is 2.14. The van der Waals surface area contributed by atoms with E-state index in [-0.39, 0.29) is 6.03 Å². The van der Waals surface area contributed by atoms with Gasteiger partial charge >= 0.3 is 6.03 Å². The molecule has 2 N–H and O–H groups in total. The molecule has 1 aliphatic heterocycles. The zero-order chi connectivity index (χ0) is 15.5. The maximum absolute atomic E-state index is 12.0. The molecule has 0 bridgehead atoms. The van der Waals surface area contributed by atoms with E-state index in [1.54, 1.807) is 11.7 Å². The number of nitrogens with one attached hydrogen (secondary N) is 2. The molecule has 118 valence electrons. The summed E-state index contributed by atoms with van der Waals surface area (Å²) in [7, 11) is 1.79. The Kier molecular flexibility index (Phi) is 4.08. The van der Waals surface area contributed by atoms with Gasteiger partial charge in [0.15, 0.2) is 5.82 Å². The number of anilines is 1. The smallest absolute Gasteiger partial charge is 0.320 e. The molecule has 3 rings (SSSR count). The number of carbonyl (C=O) groups excluding carboxylic acids is 1. The van der Waals surface area contributed by atoms with Crippen molar-refractivity contribution < 1.29 is 4.79 Å². The lowest BCUT2D eigenvalue weighted by Crippen LogP contribution is -2.30. The average Bonchev–Trinajstić information content (AvgIpc) is 2.90. The predicted octanol–water partition coefficient (Wildman–Crippen LogP) is 1.37. The summed E-state index contributed by atoms with van der Waals surface area (Å²) in [5.41, 5.74) is 0.862. The molecule has 8 nitrogen and oxygen atoms in total. The van der Waals surface area contributed by atoms with Crippen molar-refractivity contribution in [2.24, 2.45) is 7.05 Å². The quantitative estimate of drug-likeness (QED) is 0.896. The van der Waals surface area contributed by atoms with Gasteiger partial charge in [-0.05, 0) is 19.8 Å². The molecule has 3 heterocycles. The minimum absolute atomic E-state index is 0.269. The van der Waals surface area contributed by atoms with E-state index >= 15 is 0 Å². The molecule has 0 unspecified atom stereocenters. The maximum Gasteiger partial charge on any atom is 0.320 e. The summed E-state index contributed by atoms with van der Waals surface area (Å²) in [6.45, 7) is 3.19. The summed E-state index contributed by atoms with van der Waals surface area (Å²) < 4.78 is 3.76. The van der Waals surface area contributed by atoms with Crippen LogP contribution in [0.3, 0.4) is 0 Å². The number of aryl methyl sites for hydroxylation is 3. The van der Waals surface area contributed by atoms with Gasteiger partial charge in [-0.25, -0.2) is 4.79 Å². The number of carbonyl (C=O) groups is 1. The molecule has 1 aliphatic rings. The fourth-order valence-electron chi connectivity index (χ4n) is 2.72. The number of rotatable bonds is 3. The first-order valence-corrected chi connectivity index (χ1v) is 7.60. The van der Waals surface area contributed by atoms with Crippen LogP contribution < -0.4 is 10.6 Å². The SMILES string of the molecule is Cc1cc(NC(=O)NCc2nnc3n2CCCCC3)n(C)n1. The molecule has 2 amide bonds. The minimum Gasteiger partial charge on any atom is -0.331 e. The molecule has 0 radical (unpaired) electrons. The summed E-state index contributed by atoms with van der Waals surface area (Å²) in [6, 6.07) is 1.55. The molecular formula is C14H21N7O. The second-order valence-electron chi connectivity index (χ2n) is 5.60. The Morgan fingerprint density at radius 1 is 1.32 bits per heavy atom. The van der Waals surface area contributed by atoms with Crippen molar-refractivity contribution in [3.05, 3.63) is 23.4 Å². The highest BCUT2D eigenvalue weighted by atomic mass is 16.2. The normalized spacial score (nSPS) is 14.3. The number of amides is 2. The highest BCUT2D eigenvalue weighted by molar-refractivity contribution is 5.88. The third-order valence-electron chi connectivity index (χ3n) is 3.84. The Hall–Kier alpha value is -2.38. The zero-order valence-electron chi connectivity index (χ0n) is 13.0. The lowest BCUT2D eigenvalue weighted by molar-refractivity contribution is 0.251. The molecule has 2 aromatic rings. The average molecular weight is 303 g/mol. The fraction of sp³-hybridized carbons (Fsp3) is 0.571. The lowest BCUT2D eigenvalue weighted by atomic mass is 10.2. The number of fused-ring (bicyclic) bond motifs is 1. The largest absolute Gasteiger partial charge is 0.331 e. The first-order chi connectivity index (χ1) is 10.6. The van der Waals surface area contributed by atoms with Crippen LogP contribution in [0.2, 0.25) is 0 Å². The summed E-state index contributed by atoms with van der Waals surface area (Å²) in [5, 5.41) is 18.2. The van der Waals surface area contributed by atoms with E-state index in [2.05, 4.69) is 30.5 Å². The van der Waals surface area contributed by atoms with Crippen LogP contribution in [-0.2, 0) is 26.6 Å². The van der Waals surface area contributed by atoms with Crippen LogP contribution in [0.4, 0.5) is 10.6 Å². The van der Waals surface area contributed by atoms with Crippen LogP contribution in [0, 0.1) is 6.92 Å². The molecule has 2 aromatic heterocycles. The summed E-state index contributed by atoms with van der Waals surface area (Å²) >= 11 is 0. The van der Waals surface area contributed by atoms with Gasteiger partial charge in [0.1, 0.15) is 11.6 Å². The summed E-state index contributed by atoms with van der Waals surface area (Å²) in [4.78, 5) is 12.0. The van der Waals surface area contributed by atoms with Crippen molar-refractivity contribution >= 4 is 11.8 Å². The monoisotopic (exact) mass is 303 g/mol. The molecule has 0 saturated carbocycles. The number of aromatic nitrogens is 5. The standard InChI is InChI=1S/C14H21N7O/c1-10-8-12(20(2)19-10)16-14(22)15-9-13-18-17-11-6-4-3-5-7-21(11)13/h8H,3-7,9H2,1-2H3,(H2,15,16,22). The van der Waals surface area contributed by atoms with Gasteiger partial charge in [-0.3, -0.25) is 10.00 Å². The van der Waals surface area contributed by atoms with E-state index in [9.17, 15) is 4.79 Å². The van der Waals surface area contributed by atoms with E-state index < -0.39 is 0 Å². The van der Waals surface area contributed by atoms with Crippen molar-refractivity contribution in [2.75, 3.05) is 5.32 Å². The first kappa shape index (κ1) is 14.6. The number of urea groups is 1.